The van der Waals surface area contributed by atoms with E-state index in [-0.39, 0.29) is 16.8 Å². The predicted octanol–water partition coefficient (Wildman–Crippen LogP) is 5.91. The van der Waals surface area contributed by atoms with Crippen molar-refractivity contribution in [2.45, 2.75) is 25.9 Å². The number of carbonyl (C=O) groups excluding carboxylic acids is 2. The Morgan fingerprint density at radius 3 is 2.17 bits per heavy atom. The molecule has 0 bridgehead atoms. The first kappa shape index (κ1) is 30.2. The molecule has 1 N–H and O–H groups in total. The third-order valence-electron chi connectivity index (χ3n) is 5.00. The van der Waals surface area contributed by atoms with E-state index < -0.39 is 66.0 Å². The summed E-state index contributed by atoms with van der Waals surface area (Å²) in [5, 5.41) is 1.55. The van der Waals surface area contributed by atoms with Gasteiger partial charge in [-0.3, -0.25) is 9.88 Å². The molecule has 0 aliphatic rings. The maximum atomic E-state index is 14.0. The maximum Gasteiger partial charge on any atom is 0.434 e. The molecule has 1 amide bonds. The highest BCUT2D eigenvalue weighted by Gasteiger charge is 2.42. The molecule has 212 valence electrons. The number of nitrogens with zero attached hydrogens (tertiary/aromatic N) is 2. The van der Waals surface area contributed by atoms with Crippen molar-refractivity contribution >= 4 is 29.7 Å². The van der Waals surface area contributed by atoms with Crippen LogP contribution in [0.5, 0.6) is 0 Å². The Bertz CT molecular complexity index is 1470. The van der Waals surface area contributed by atoms with Crippen LogP contribution in [0.4, 0.5) is 31.1 Å². The van der Waals surface area contributed by atoms with Crippen LogP contribution in [-0.4, -0.2) is 34.4 Å². The Morgan fingerprint density at radius 2 is 1.62 bits per heavy atom. The number of amides is 1. The molecule has 0 saturated carbocycles. The highest BCUT2D eigenvalue weighted by atomic mass is 35.5. The maximum absolute atomic E-state index is 14.0. The number of rotatable bonds is 7. The van der Waals surface area contributed by atoms with Crippen molar-refractivity contribution in [1.82, 2.24) is 14.9 Å². The molecule has 40 heavy (non-hydrogen) atoms. The van der Waals surface area contributed by atoms with Crippen LogP contribution in [0.2, 0.25) is 5.02 Å². The van der Waals surface area contributed by atoms with Crippen molar-refractivity contribution in [3.8, 4) is 5.69 Å². The van der Waals surface area contributed by atoms with Gasteiger partial charge < -0.3 is 9.47 Å². The fourth-order valence-electron chi connectivity index (χ4n) is 3.32. The molecule has 0 atom stereocenters. The summed E-state index contributed by atoms with van der Waals surface area (Å²) in [5.74, 6) is -1.72. The van der Waals surface area contributed by atoms with Crippen LogP contribution in [0.1, 0.15) is 34.2 Å². The standard InChI is InChI=1S/C25H18ClF6N3O5/c1-2-39-21(36)19-17(12-18(24(27,28)29)33-23(38)40-13-14-6-4-3-5-7-14)35(16-10-8-15(26)9-11-16)22(37)34-20(19)25(30,31)32/h3-12H,2,13H2,1H3,(H,33,38)/b18-12+. The van der Waals surface area contributed by atoms with Gasteiger partial charge in [0.1, 0.15) is 17.9 Å². The molecule has 0 spiro atoms. The van der Waals surface area contributed by atoms with Crippen LogP contribution in [0.3, 0.4) is 0 Å². The van der Waals surface area contributed by atoms with Gasteiger partial charge in [-0.2, -0.15) is 31.3 Å². The number of carbonyl (C=O) groups is 2. The number of alkyl carbamates (subject to hydrolysis) is 1. The number of benzene rings is 2. The molecular weight excluding hydrogens is 572 g/mol. The minimum Gasteiger partial charge on any atom is -0.462 e. The second kappa shape index (κ2) is 12.2. The summed E-state index contributed by atoms with van der Waals surface area (Å²) in [5.41, 5.74) is -8.28. The van der Waals surface area contributed by atoms with Crippen LogP contribution in [0.25, 0.3) is 11.8 Å². The van der Waals surface area contributed by atoms with Gasteiger partial charge in [-0.05, 0) is 42.8 Å². The van der Waals surface area contributed by atoms with Gasteiger partial charge in [0.15, 0.2) is 5.69 Å². The van der Waals surface area contributed by atoms with E-state index in [4.69, 9.17) is 16.3 Å². The number of aromatic nitrogens is 2. The van der Waals surface area contributed by atoms with Crippen molar-refractivity contribution in [3.63, 3.8) is 0 Å². The summed E-state index contributed by atoms with van der Waals surface area (Å²) < 4.78 is 93.5. The first-order valence-electron chi connectivity index (χ1n) is 11.2. The van der Waals surface area contributed by atoms with E-state index in [0.717, 1.165) is 12.1 Å². The average Bonchev–Trinajstić information content (AvgIpc) is 2.87. The van der Waals surface area contributed by atoms with Gasteiger partial charge in [-0.25, -0.2) is 14.4 Å². The summed E-state index contributed by atoms with van der Waals surface area (Å²) >= 11 is 5.81. The molecule has 15 heteroatoms. The van der Waals surface area contributed by atoms with E-state index in [0.29, 0.717) is 10.1 Å². The molecule has 0 aliphatic carbocycles. The molecule has 0 saturated heterocycles. The summed E-state index contributed by atoms with van der Waals surface area (Å²) in [7, 11) is 0. The van der Waals surface area contributed by atoms with Gasteiger partial charge in [-0.15, -0.1) is 0 Å². The molecular formula is C25H18ClF6N3O5. The van der Waals surface area contributed by atoms with Crippen molar-refractivity contribution in [2.24, 2.45) is 0 Å². The lowest BCUT2D eigenvalue weighted by molar-refractivity contribution is -0.142. The zero-order chi connectivity index (χ0) is 29.7. The highest BCUT2D eigenvalue weighted by Crippen LogP contribution is 2.34. The summed E-state index contributed by atoms with van der Waals surface area (Å²) in [6.45, 7) is 0.346. The molecule has 3 rings (SSSR count). The van der Waals surface area contributed by atoms with Gasteiger partial charge in [0, 0.05) is 5.02 Å². The topological polar surface area (TPSA) is 99.5 Å². The number of esters is 1. The normalized spacial score (nSPS) is 12.2. The quantitative estimate of drug-likeness (QED) is 0.272. The number of halogens is 7. The fourth-order valence-corrected chi connectivity index (χ4v) is 3.44. The van der Waals surface area contributed by atoms with Crippen LogP contribution in [0.15, 0.2) is 65.1 Å². The number of ether oxygens (including phenoxy) is 2. The minimum absolute atomic E-state index is 0.0110. The highest BCUT2D eigenvalue weighted by molar-refractivity contribution is 6.30. The number of hydrogen-bond donors (Lipinski definition) is 1. The number of allylic oxidation sites excluding steroid dienone is 1. The number of hydrogen-bond acceptors (Lipinski definition) is 6. The number of nitrogens with one attached hydrogen (secondary N) is 1. The monoisotopic (exact) mass is 589 g/mol. The molecule has 0 aliphatic heterocycles. The van der Waals surface area contributed by atoms with E-state index in [2.05, 4.69) is 9.72 Å². The van der Waals surface area contributed by atoms with Crippen LogP contribution in [-0.2, 0) is 22.3 Å². The molecule has 1 heterocycles. The van der Waals surface area contributed by atoms with E-state index in [9.17, 15) is 40.7 Å². The number of alkyl halides is 6. The van der Waals surface area contributed by atoms with Crippen LogP contribution >= 0.6 is 11.6 Å². The van der Waals surface area contributed by atoms with Gasteiger partial charge in [0.2, 0.25) is 0 Å². The first-order chi connectivity index (χ1) is 18.7. The summed E-state index contributed by atoms with van der Waals surface area (Å²) in [6.07, 6.45) is -12.5. The zero-order valence-corrected chi connectivity index (χ0v) is 21.0. The molecule has 0 unspecified atom stereocenters. The molecule has 2 aromatic carbocycles. The summed E-state index contributed by atoms with van der Waals surface area (Å²) in [4.78, 5) is 40.6. The lowest BCUT2D eigenvalue weighted by Gasteiger charge is -2.20. The Labute approximate surface area is 226 Å². The first-order valence-corrected chi connectivity index (χ1v) is 11.5. The lowest BCUT2D eigenvalue weighted by atomic mass is 10.1. The fraction of sp³-hybridized carbons (Fsp3) is 0.200. The SMILES string of the molecule is CCOC(=O)c1c(C(F)(F)F)nc(=O)n(-c2ccc(Cl)cc2)c1/C=C(/NC(=O)OCc1ccccc1)C(F)(F)F. The Balaban J connectivity index is 2.26. The zero-order valence-electron chi connectivity index (χ0n) is 20.3. The molecule has 1 aromatic heterocycles. The molecule has 0 radical (unpaired) electrons. The third-order valence-corrected chi connectivity index (χ3v) is 5.25. The van der Waals surface area contributed by atoms with E-state index in [1.807, 2.05) is 0 Å². The van der Waals surface area contributed by atoms with E-state index >= 15 is 0 Å². The second-order valence-corrected chi connectivity index (χ2v) is 8.21. The van der Waals surface area contributed by atoms with Gasteiger partial charge in [-0.1, -0.05) is 41.9 Å². The molecule has 0 fully saturated rings. The van der Waals surface area contributed by atoms with Crippen molar-refractivity contribution in [2.75, 3.05) is 6.61 Å². The largest absolute Gasteiger partial charge is 0.462 e. The van der Waals surface area contributed by atoms with Gasteiger partial charge in [0.25, 0.3) is 0 Å². The van der Waals surface area contributed by atoms with Crippen molar-refractivity contribution < 1.29 is 45.4 Å². The minimum atomic E-state index is -5.45. The Kier molecular flexibility index (Phi) is 9.24. The summed E-state index contributed by atoms with van der Waals surface area (Å²) in [6, 6.07) is 12.5. The third kappa shape index (κ3) is 7.40. The van der Waals surface area contributed by atoms with Crippen LogP contribution in [0, 0.1) is 0 Å². The lowest BCUT2D eigenvalue weighted by Crippen LogP contribution is -2.35. The van der Waals surface area contributed by atoms with Gasteiger partial charge in [0.05, 0.1) is 18.0 Å². The van der Waals surface area contributed by atoms with Crippen LogP contribution < -0.4 is 11.0 Å². The second-order valence-electron chi connectivity index (χ2n) is 7.78. The Morgan fingerprint density at radius 1 is 1.00 bits per heavy atom. The van der Waals surface area contributed by atoms with Crippen molar-refractivity contribution in [1.29, 1.82) is 0 Å². The van der Waals surface area contributed by atoms with E-state index in [1.54, 1.807) is 18.2 Å². The van der Waals surface area contributed by atoms with Crippen molar-refractivity contribution in [3.05, 3.63) is 98.3 Å². The Hall–Kier alpha value is -4.33. The molecule has 3 aromatic rings. The van der Waals surface area contributed by atoms with Gasteiger partial charge >= 0.3 is 30.1 Å². The molecule has 8 nitrogen and oxygen atoms in total. The van der Waals surface area contributed by atoms with E-state index in [1.165, 1.54) is 36.5 Å². The predicted molar refractivity (Wildman–Crippen MR) is 130 cm³/mol. The average molecular weight is 590 g/mol. The smallest absolute Gasteiger partial charge is 0.434 e.